The van der Waals surface area contributed by atoms with Crippen LogP contribution < -0.4 is 14.7 Å². The van der Waals surface area contributed by atoms with Gasteiger partial charge in [-0.25, -0.2) is 0 Å². The van der Waals surface area contributed by atoms with Crippen molar-refractivity contribution in [2.75, 3.05) is 14.7 Å². The number of aryl methyl sites for hydroxylation is 3. The van der Waals surface area contributed by atoms with Crippen molar-refractivity contribution in [2.45, 2.75) is 163 Å². The molecule has 1 aliphatic rings. The summed E-state index contributed by atoms with van der Waals surface area (Å²) in [6.45, 7) is 34.1. The molecule has 13 aromatic rings. The van der Waals surface area contributed by atoms with Crippen LogP contribution in [0.4, 0.5) is 51.2 Å². The predicted octanol–water partition coefficient (Wildman–Crippen LogP) is 29.4. The highest BCUT2D eigenvalue weighted by Crippen LogP contribution is 2.57. The van der Waals surface area contributed by atoms with Gasteiger partial charge in [-0.15, -0.1) is 0 Å². The molecule has 0 radical (unpaired) electrons. The number of hydrogen-bond acceptors (Lipinski definition) is 3. The van der Waals surface area contributed by atoms with E-state index >= 15 is 0 Å². The molecule has 14 rings (SSSR count). The zero-order chi connectivity index (χ0) is 74.3. The molecule has 3 heteroatoms. The van der Waals surface area contributed by atoms with Gasteiger partial charge in [-0.2, -0.15) is 0 Å². The Kier molecular flexibility index (Phi) is 20.0. The molecule has 13 aromatic carbocycles. The van der Waals surface area contributed by atoms with Gasteiger partial charge in [-0.3, -0.25) is 0 Å². The number of benzene rings is 13. The van der Waals surface area contributed by atoms with Crippen LogP contribution in [0, 0.1) is 13.8 Å². The molecular weight excluding hydrogens is 1280 g/mol. The highest BCUT2D eigenvalue weighted by atomic mass is 15.2. The highest BCUT2D eigenvalue weighted by molar-refractivity contribution is 5.89. The van der Waals surface area contributed by atoms with Crippen molar-refractivity contribution in [3.63, 3.8) is 0 Å². The first kappa shape index (κ1) is 72.2. The van der Waals surface area contributed by atoms with E-state index in [1.165, 1.54) is 104 Å². The van der Waals surface area contributed by atoms with Crippen LogP contribution in [0.5, 0.6) is 0 Å². The van der Waals surface area contributed by atoms with E-state index in [9.17, 15) is 0 Å². The number of unbranched alkanes of at least 4 members (excludes halogenated alkanes) is 3. The van der Waals surface area contributed by atoms with Crippen molar-refractivity contribution >= 4 is 51.2 Å². The van der Waals surface area contributed by atoms with Crippen LogP contribution >= 0.6 is 0 Å². The summed E-state index contributed by atoms with van der Waals surface area (Å²) in [4.78, 5) is 7.15. The average Bonchev–Trinajstić information content (AvgIpc) is 1.53. The van der Waals surface area contributed by atoms with E-state index in [0.29, 0.717) is 0 Å². The van der Waals surface area contributed by atoms with E-state index in [0.717, 1.165) is 85.4 Å². The molecule has 532 valence electrons. The largest absolute Gasteiger partial charge is 0.311 e. The standard InChI is InChI=1S/C103H105N3/c1-16-17-18-19-20-73-23-37-84(38-24-73)103(97-69-71(2)21-67-95(97)96-68-22-72(3)70-98(96)103)85-39-25-74(26-40-85)75-27-49-86(50-28-75)104(87-51-29-76(30-52-87)78-33-55-89(56-34-78)105(91-59-41-80(42-60-91)99(4,5)6)92-61-43-81(44-62-92)100(7,8)9)88-53-31-77(32-54-88)79-35-57-90(58-36-79)106(93-63-45-82(46-64-93)101(10,11)12)94-65-47-83(48-66-94)102(13,14)15/h21-70H,16-20H2,1-15H3. The molecule has 106 heavy (non-hydrogen) atoms. The second-order valence-corrected chi connectivity index (χ2v) is 33.9. The minimum Gasteiger partial charge on any atom is -0.311 e. The highest BCUT2D eigenvalue weighted by Gasteiger charge is 2.46. The van der Waals surface area contributed by atoms with Crippen molar-refractivity contribution in [1.82, 2.24) is 0 Å². The summed E-state index contributed by atoms with van der Waals surface area (Å²) in [7, 11) is 0. The minimum atomic E-state index is -0.482. The number of rotatable bonds is 19. The monoisotopic (exact) mass is 1380 g/mol. The van der Waals surface area contributed by atoms with Crippen LogP contribution in [0.2, 0.25) is 0 Å². The van der Waals surface area contributed by atoms with E-state index in [4.69, 9.17) is 0 Å². The van der Waals surface area contributed by atoms with Gasteiger partial charge < -0.3 is 14.7 Å². The smallest absolute Gasteiger partial charge is 0.0713 e. The molecule has 0 fully saturated rings. The molecule has 1 aliphatic carbocycles. The van der Waals surface area contributed by atoms with Gasteiger partial charge in [0.25, 0.3) is 0 Å². The number of fused-ring (bicyclic) bond motifs is 3. The fourth-order valence-corrected chi connectivity index (χ4v) is 15.7. The fraction of sp³-hybridized carbons (Fsp3) is 0.243. The quantitative estimate of drug-likeness (QED) is 0.0747. The molecule has 0 bridgehead atoms. The van der Waals surface area contributed by atoms with Crippen LogP contribution in [0.25, 0.3) is 44.5 Å². The Morgan fingerprint density at radius 3 is 0.708 bits per heavy atom. The Morgan fingerprint density at radius 1 is 0.245 bits per heavy atom. The SMILES string of the molecule is CCCCCCc1ccc(C2(c3ccc(-c4ccc(N(c5ccc(-c6ccc(N(c7ccc(C(C)(C)C)cc7)c7ccc(C(C)(C)C)cc7)cc6)cc5)c5ccc(-c6ccc(N(c7ccc(C(C)(C)C)cc7)c7ccc(C(C)(C)C)cc7)cc6)cc5)cc4)cc3)c3cc(C)ccc3-c3ccc(C)cc32)cc1. The number of anilines is 9. The van der Waals surface area contributed by atoms with E-state index in [1.54, 1.807) is 0 Å². The van der Waals surface area contributed by atoms with Crippen molar-refractivity contribution in [3.05, 3.63) is 365 Å². The van der Waals surface area contributed by atoms with Crippen LogP contribution in [0.1, 0.15) is 177 Å². The molecule has 0 saturated heterocycles. The summed E-state index contributed by atoms with van der Waals surface area (Å²) < 4.78 is 0. The third kappa shape index (κ3) is 14.8. The van der Waals surface area contributed by atoms with Gasteiger partial charge in [0.2, 0.25) is 0 Å². The lowest BCUT2D eigenvalue weighted by Crippen LogP contribution is -2.28. The van der Waals surface area contributed by atoms with Gasteiger partial charge in [0.15, 0.2) is 0 Å². The third-order valence-corrected chi connectivity index (χ3v) is 22.1. The van der Waals surface area contributed by atoms with Crippen molar-refractivity contribution < 1.29 is 0 Å². The molecule has 0 unspecified atom stereocenters. The normalized spacial score (nSPS) is 12.7. The summed E-state index contributed by atoms with van der Waals surface area (Å²) in [6, 6.07) is 115. The summed E-state index contributed by atoms with van der Waals surface area (Å²) >= 11 is 0. The van der Waals surface area contributed by atoms with Crippen LogP contribution in [-0.4, -0.2) is 0 Å². The molecule has 0 saturated carbocycles. The summed E-state index contributed by atoms with van der Waals surface area (Å²) in [5.74, 6) is 0. The van der Waals surface area contributed by atoms with Crippen LogP contribution in [-0.2, 0) is 33.5 Å². The third-order valence-electron chi connectivity index (χ3n) is 22.1. The lowest BCUT2D eigenvalue weighted by atomic mass is 9.67. The second-order valence-electron chi connectivity index (χ2n) is 33.9. The zero-order valence-corrected chi connectivity index (χ0v) is 65.2. The number of nitrogens with zero attached hydrogens (tertiary/aromatic N) is 3. The van der Waals surface area contributed by atoms with Crippen molar-refractivity contribution in [2.24, 2.45) is 0 Å². The number of hydrogen-bond donors (Lipinski definition) is 0. The Morgan fingerprint density at radius 2 is 0.472 bits per heavy atom. The molecular formula is C103H105N3. The Hall–Kier alpha value is -10.7. The first-order chi connectivity index (χ1) is 50.8. The lowest BCUT2D eigenvalue weighted by Gasteiger charge is -2.34. The minimum absolute atomic E-state index is 0.0540. The van der Waals surface area contributed by atoms with Gasteiger partial charge in [-0.1, -0.05) is 315 Å². The maximum Gasteiger partial charge on any atom is 0.0713 e. The molecule has 0 N–H and O–H groups in total. The Labute approximate surface area is 634 Å². The van der Waals surface area contributed by atoms with Crippen molar-refractivity contribution in [1.29, 1.82) is 0 Å². The van der Waals surface area contributed by atoms with E-state index in [1.807, 2.05) is 0 Å². The van der Waals surface area contributed by atoms with Gasteiger partial charge >= 0.3 is 0 Å². The predicted molar refractivity (Wildman–Crippen MR) is 456 cm³/mol. The molecule has 0 aliphatic heterocycles. The molecule has 3 nitrogen and oxygen atoms in total. The molecule has 0 spiro atoms. The van der Waals surface area contributed by atoms with E-state index < -0.39 is 5.41 Å². The molecule has 0 aromatic heterocycles. The van der Waals surface area contributed by atoms with E-state index in [2.05, 4.69) is 422 Å². The van der Waals surface area contributed by atoms with Crippen molar-refractivity contribution in [3.8, 4) is 44.5 Å². The van der Waals surface area contributed by atoms with Crippen LogP contribution in [0.3, 0.4) is 0 Å². The van der Waals surface area contributed by atoms with Gasteiger partial charge in [0.1, 0.15) is 0 Å². The topological polar surface area (TPSA) is 9.72 Å². The van der Waals surface area contributed by atoms with Gasteiger partial charge in [0.05, 0.1) is 5.41 Å². The zero-order valence-electron chi connectivity index (χ0n) is 65.2. The molecule has 0 amide bonds. The Bertz CT molecular complexity index is 4780. The summed E-state index contributed by atoms with van der Waals surface area (Å²) in [5.41, 5.74) is 33.8. The summed E-state index contributed by atoms with van der Waals surface area (Å²) in [5, 5.41) is 0. The maximum absolute atomic E-state index is 2.45. The first-order valence-corrected chi connectivity index (χ1v) is 38.6. The maximum atomic E-state index is 2.45. The molecule has 0 heterocycles. The lowest BCUT2D eigenvalue weighted by molar-refractivity contribution is 0.590. The van der Waals surface area contributed by atoms with Crippen LogP contribution in [0.15, 0.2) is 303 Å². The Balaban J connectivity index is 0.801. The van der Waals surface area contributed by atoms with Gasteiger partial charge in [-0.05, 0) is 252 Å². The second kappa shape index (κ2) is 29.3. The van der Waals surface area contributed by atoms with Gasteiger partial charge in [0, 0.05) is 51.2 Å². The molecule has 0 atom stereocenters. The van der Waals surface area contributed by atoms with E-state index in [-0.39, 0.29) is 21.7 Å². The first-order valence-electron chi connectivity index (χ1n) is 38.6. The fourth-order valence-electron chi connectivity index (χ4n) is 15.7. The average molecular weight is 1380 g/mol. The summed E-state index contributed by atoms with van der Waals surface area (Å²) in [6.07, 6.45) is 6.15.